The van der Waals surface area contributed by atoms with E-state index in [1.54, 1.807) is 0 Å². The molecule has 0 heterocycles. The fraction of sp³-hybridized carbons (Fsp3) is 0.588. The van der Waals surface area contributed by atoms with Crippen molar-refractivity contribution in [1.82, 2.24) is 5.32 Å². The summed E-state index contributed by atoms with van der Waals surface area (Å²) in [5.41, 5.74) is 1.23. The Hall–Kier alpha value is -1.51. The van der Waals surface area contributed by atoms with Gasteiger partial charge in [-0.25, -0.2) is 4.79 Å². The third kappa shape index (κ3) is 4.26. The lowest BCUT2D eigenvalue weighted by atomic mass is 9.71. The van der Waals surface area contributed by atoms with Crippen molar-refractivity contribution in [2.45, 2.75) is 52.5 Å². The molecule has 1 aromatic carbocycles. The van der Waals surface area contributed by atoms with Gasteiger partial charge in [-0.2, -0.15) is 0 Å². The Morgan fingerprint density at radius 3 is 2.20 bits per heavy atom. The van der Waals surface area contributed by atoms with Crippen LogP contribution >= 0.6 is 0 Å². The van der Waals surface area contributed by atoms with E-state index < -0.39 is 0 Å². The van der Waals surface area contributed by atoms with Crippen LogP contribution in [0.25, 0.3) is 0 Å². The molecule has 0 atom stereocenters. The minimum Gasteiger partial charge on any atom is -0.335 e. The maximum absolute atomic E-state index is 11.9. The van der Waals surface area contributed by atoms with Gasteiger partial charge in [0.25, 0.3) is 0 Å². The zero-order valence-electron chi connectivity index (χ0n) is 12.8. The highest BCUT2D eigenvalue weighted by Crippen LogP contribution is 2.37. The summed E-state index contributed by atoms with van der Waals surface area (Å²) in [6, 6.07) is 9.81. The number of carbonyl (C=O) groups is 1. The monoisotopic (exact) mass is 274 g/mol. The van der Waals surface area contributed by atoms with E-state index in [-0.39, 0.29) is 6.03 Å². The van der Waals surface area contributed by atoms with Crippen LogP contribution in [0.3, 0.4) is 0 Å². The van der Waals surface area contributed by atoms with E-state index in [1.165, 1.54) is 12.8 Å². The zero-order valence-corrected chi connectivity index (χ0v) is 12.8. The van der Waals surface area contributed by atoms with Crippen LogP contribution in [-0.2, 0) is 0 Å². The molecule has 3 nitrogen and oxygen atoms in total. The van der Waals surface area contributed by atoms with Crippen LogP contribution in [0.2, 0.25) is 0 Å². The summed E-state index contributed by atoms with van der Waals surface area (Å²) in [5, 5.41) is 5.97. The molecular formula is C17H26N2O. The number of anilines is 1. The molecule has 0 bridgehead atoms. The van der Waals surface area contributed by atoms with Crippen LogP contribution < -0.4 is 10.6 Å². The summed E-state index contributed by atoms with van der Waals surface area (Å²) < 4.78 is 0. The van der Waals surface area contributed by atoms with Gasteiger partial charge >= 0.3 is 6.03 Å². The van der Waals surface area contributed by atoms with Gasteiger partial charge in [0.2, 0.25) is 0 Å². The SMILES string of the molecule is CC(C)(C)C1CCC(NC(=O)Nc2ccccc2)CC1. The van der Waals surface area contributed by atoms with E-state index in [9.17, 15) is 4.79 Å². The summed E-state index contributed by atoms with van der Waals surface area (Å²) in [4.78, 5) is 11.9. The first-order valence-electron chi connectivity index (χ1n) is 7.58. The molecule has 1 aliphatic carbocycles. The van der Waals surface area contributed by atoms with Crippen LogP contribution in [0.1, 0.15) is 46.5 Å². The van der Waals surface area contributed by atoms with Gasteiger partial charge in [-0.3, -0.25) is 0 Å². The highest BCUT2D eigenvalue weighted by molar-refractivity contribution is 5.89. The molecule has 3 heteroatoms. The lowest BCUT2D eigenvalue weighted by Crippen LogP contribution is -2.41. The van der Waals surface area contributed by atoms with E-state index in [0.29, 0.717) is 11.5 Å². The number of rotatable bonds is 2. The lowest BCUT2D eigenvalue weighted by Gasteiger charge is -2.37. The van der Waals surface area contributed by atoms with Gasteiger partial charge in [0.1, 0.15) is 0 Å². The Morgan fingerprint density at radius 2 is 1.65 bits per heavy atom. The van der Waals surface area contributed by atoms with E-state index in [1.807, 2.05) is 30.3 Å². The first-order valence-corrected chi connectivity index (χ1v) is 7.58. The molecule has 0 aliphatic heterocycles. The normalized spacial score (nSPS) is 23.1. The van der Waals surface area contributed by atoms with Gasteiger partial charge in [-0.15, -0.1) is 0 Å². The summed E-state index contributed by atoms with van der Waals surface area (Å²) in [6.45, 7) is 6.94. The minimum atomic E-state index is -0.0876. The second-order valence-electron chi connectivity index (χ2n) is 6.88. The maximum atomic E-state index is 11.9. The van der Waals surface area contributed by atoms with Crippen molar-refractivity contribution in [3.8, 4) is 0 Å². The fourth-order valence-corrected chi connectivity index (χ4v) is 2.98. The molecule has 2 N–H and O–H groups in total. The first-order chi connectivity index (χ1) is 9.45. The van der Waals surface area contributed by atoms with Crippen molar-refractivity contribution in [2.75, 3.05) is 5.32 Å². The number of benzene rings is 1. The van der Waals surface area contributed by atoms with Gasteiger partial charge in [-0.05, 0) is 49.1 Å². The van der Waals surface area contributed by atoms with Gasteiger partial charge in [0.15, 0.2) is 0 Å². The molecule has 1 saturated carbocycles. The molecule has 2 rings (SSSR count). The molecule has 0 unspecified atom stereocenters. The summed E-state index contributed by atoms with van der Waals surface area (Å²) in [6.07, 6.45) is 4.59. The minimum absolute atomic E-state index is 0.0876. The molecule has 20 heavy (non-hydrogen) atoms. The molecule has 0 saturated heterocycles. The van der Waals surface area contributed by atoms with E-state index in [2.05, 4.69) is 31.4 Å². The highest BCUT2D eigenvalue weighted by Gasteiger charge is 2.30. The number of urea groups is 1. The standard InChI is InChI=1S/C17H26N2O/c1-17(2,3)13-9-11-15(12-10-13)19-16(20)18-14-7-5-4-6-8-14/h4-8,13,15H,9-12H2,1-3H3,(H2,18,19,20). The lowest BCUT2D eigenvalue weighted by molar-refractivity contribution is 0.161. The van der Waals surface area contributed by atoms with Gasteiger partial charge in [0.05, 0.1) is 0 Å². The van der Waals surface area contributed by atoms with Crippen LogP contribution in [0.15, 0.2) is 30.3 Å². The van der Waals surface area contributed by atoms with E-state index >= 15 is 0 Å². The molecule has 2 amide bonds. The Kier molecular flexibility index (Phi) is 4.69. The molecule has 0 radical (unpaired) electrons. The Morgan fingerprint density at radius 1 is 1.05 bits per heavy atom. The van der Waals surface area contributed by atoms with Crippen molar-refractivity contribution in [1.29, 1.82) is 0 Å². The van der Waals surface area contributed by atoms with Gasteiger partial charge < -0.3 is 10.6 Å². The molecule has 110 valence electrons. The Labute approximate surface area is 122 Å². The molecule has 0 spiro atoms. The Bertz CT molecular complexity index is 428. The van der Waals surface area contributed by atoms with Gasteiger partial charge in [0, 0.05) is 11.7 Å². The molecule has 1 fully saturated rings. The summed E-state index contributed by atoms with van der Waals surface area (Å²) in [7, 11) is 0. The predicted octanol–water partition coefficient (Wildman–Crippen LogP) is 4.41. The second kappa shape index (κ2) is 6.29. The number of para-hydroxylation sites is 1. The number of nitrogens with one attached hydrogen (secondary N) is 2. The Balaban J connectivity index is 1.77. The number of hydrogen-bond donors (Lipinski definition) is 2. The average Bonchev–Trinajstić information content (AvgIpc) is 2.39. The average molecular weight is 274 g/mol. The largest absolute Gasteiger partial charge is 0.335 e. The van der Waals surface area contributed by atoms with E-state index in [0.717, 1.165) is 24.4 Å². The quantitative estimate of drug-likeness (QED) is 0.824. The molecule has 1 aliphatic rings. The van der Waals surface area contributed by atoms with Gasteiger partial charge in [-0.1, -0.05) is 39.0 Å². The number of hydrogen-bond acceptors (Lipinski definition) is 1. The molecular weight excluding hydrogens is 248 g/mol. The number of amides is 2. The first kappa shape index (κ1) is 14.9. The van der Waals surface area contributed by atoms with E-state index in [4.69, 9.17) is 0 Å². The molecule has 0 aromatic heterocycles. The van der Waals surface area contributed by atoms with Crippen LogP contribution in [-0.4, -0.2) is 12.1 Å². The fourth-order valence-electron chi connectivity index (χ4n) is 2.98. The zero-order chi connectivity index (χ0) is 14.6. The van der Waals surface area contributed by atoms with Crippen LogP contribution in [0, 0.1) is 11.3 Å². The highest BCUT2D eigenvalue weighted by atomic mass is 16.2. The topological polar surface area (TPSA) is 41.1 Å². The smallest absolute Gasteiger partial charge is 0.319 e. The van der Waals surface area contributed by atoms with Crippen molar-refractivity contribution in [2.24, 2.45) is 11.3 Å². The summed E-state index contributed by atoms with van der Waals surface area (Å²) in [5.74, 6) is 0.776. The number of carbonyl (C=O) groups excluding carboxylic acids is 1. The molecule has 1 aromatic rings. The van der Waals surface area contributed by atoms with Crippen LogP contribution in [0.5, 0.6) is 0 Å². The van der Waals surface area contributed by atoms with Crippen molar-refractivity contribution < 1.29 is 4.79 Å². The third-order valence-corrected chi connectivity index (χ3v) is 4.32. The van der Waals surface area contributed by atoms with Crippen molar-refractivity contribution in [3.63, 3.8) is 0 Å². The summed E-state index contributed by atoms with van der Waals surface area (Å²) >= 11 is 0. The van der Waals surface area contributed by atoms with Crippen molar-refractivity contribution >= 4 is 11.7 Å². The third-order valence-electron chi connectivity index (χ3n) is 4.32. The van der Waals surface area contributed by atoms with Crippen LogP contribution in [0.4, 0.5) is 10.5 Å². The van der Waals surface area contributed by atoms with Crippen molar-refractivity contribution in [3.05, 3.63) is 30.3 Å². The second-order valence-corrected chi connectivity index (χ2v) is 6.88. The predicted molar refractivity (Wildman–Crippen MR) is 83.8 cm³/mol. The maximum Gasteiger partial charge on any atom is 0.319 e.